The van der Waals surface area contributed by atoms with E-state index in [-0.39, 0.29) is 24.0 Å². The molecule has 3 aromatic heterocycles. The number of aromatic nitrogens is 2. The van der Waals surface area contributed by atoms with Crippen LogP contribution in [-0.4, -0.2) is 52.9 Å². The van der Waals surface area contributed by atoms with Crippen LogP contribution in [0.3, 0.4) is 0 Å². The molecule has 0 bridgehead atoms. The molecule has 0 aliphatic carbocycles. The van der Waals surface area contributed by atoms with Crippen molar-refractivity contribution in [2.24, 2.45) is 0 Å². The van der Waals surface area contributed by atoms with Gasteiger partial charge in [0.2, 0.25) is 5.91 Å². The highest BCUT2D eigenvalue weighted by Gasteiger charge is 2.24. The molecule has 0 aromatic carbocycles. The van der Waals surface area contributed by atoms with Crippen LogP contribution < -0.4 is 10.2 Å². The quantitative estimate of drug-likeness (QED) is 0.670. The van der Waals surface area contributed by atoms with Gasteiger partial charge < -0.3 is 14.2 Å². The Hall–Kier alpha value is -3.71. The highest BCUT2D eigenvalue weighted by atomic mass is 32.1. The van der Waals surface area contributed by atoms with Gasteiger partial charge in [-0.1, -0.05) is 0 Å². The standard InChI is InChI=1S/C20H18N6O3S/c21-12-14-3-1-5-22-18(14)26-8-6-25(7-9-26)17(27)11-15-13-30-20(23-15)24-19(28)16-4-2-10-29-16/h1-5,10,13H,6-9,11H2,(H,23,24,28). The summed E-state index contributed by atoms with van der Waals surface area (Å²) in [4.78, 5) is 37.1. The summed E-state index contributed by atoms with van der Waals surface area (Å²) >= 11 is 1.26. The van der Waals surface area contributed by atoms with Gasteiger partial charge in [-0.2, -0.15) is 5.26 Å². The van der Waals surface area contributed by atoms with E-state index in [0.29, 0.717) is 48.4 Å². The van der Waals surface area contributed by atoms with Crippen LogP contribution in [0.2, 0.25) is 0 Å². The summed E-state index contributed by atoms with van der Waals surface area (Å²) in [5.41, 5.74) is 1.14. The van der Waals surface area contributed by atoms with Crippen molar-refractivity contribution in [1.82, 2.24) is 14.9 Å². The number of nitriles is 1. The number of anilines is 2. The predicted octanol–water partition coefficient (Wildman–Crippen LogP) is 2.15. The summed E-state index contributed by atoms with van der Waals surface area (Å²) in [6.45, 7) is 2.32. The lowest BCUT2D eigenvalue weighted by molar-refractivity contribution is -0.130. The molecule has 30 heavy (non-hydrogen) atoms. The minimum Gasteiger partial charge on any atom is -0.459 e. The fourth-order valence-corrected chi connectivity index (χ4v) is 3.89. The fraction of sp³-hybridized carbons (Fsp3) is 0.250. The molecule has 0 saturated carbocycles. The molecule has 152 valence electrons. The Morgan fingerprint density at radius 3 is 2.80 bits per heavy atom. The summed E-state index contributed by atoms with van der Waals surface area (Å²) in [7, 11) is 0. The largest absolute Gasteiger partial charge is 0.459 e. The van der Waals surface area contributed by atoms with Crippen LogP contribution in [0.1, 0.15) is 21.8 Å². The average Bonchev–Trinajstić information content (AvgIpc) is 3.46. The van der Waals surface area contributed by atoms with Crippen LogP contribution in [-0.2, 0) is 11.2 Å². The van der Waals surface area contributed by atoms with Crippen molar-refractivity contribution in [3.63, 3.8) is 0 Å². The molecule has 10 heteroatoms. The summed E-state index contributed by atoms with van der Waals surface area (Å²) in [6, 6.07) is 8.84. The normalized spacial score (nSPS) is 13.7. The summed E-state index contributed by atoms with van der Waals surface area (Å²) in [5.74, 6) is 0.455. The SMILES string of the molecule is N#Cc1cccnc1N1CCN(C(=O)Cc2csc(NC(=O)c3ccco3)n2)CC1. The van der Waals surface area contributed by atoms with E-state index in [4.69, 9.17) is 4.42 Å². The van der Waals surface area contributed by atoms with Crippen molar-refractivity contribution in [2.45, 2.75) is 6.42 Å². The predicted molar refractivity (Wildman–Crippen MR) is 110 cm³/mol. The molecular weight excluding hydrogens is 404 g/mol. The van der Waals surface area contributed by atoms with Crippen molar-refractivity contribution in [3.05, 3.63) is 59.1 Å². The molecule has 9 nitrogen and oxygen atoms in total. The molecule has 1 N–H and O–H groups in total. The molecule has 4 heterocycles. The van der Waals surface area contributed by atoms with E-state index in [1.165, 1.54) is 17.6 Å². The molecule has 0 atom stereocenters. The second kappa shape index (κ2) is 8.75. The van der Waals surface area contributed by atoms with Crippen molar-refractivity contribution < 1.29 is 14.0 Å². The number of piperazine rings is 1. The molecule has 4 rings (SSSR count). The highest BCUT2D eigenvalue weighted by molar-refractivity contribution is 7.14. The van der Waals surface area contributed by atoms with E-state index in [9.17, 15) is 14.9 Å². The van der Waals surface area contributed by atoms with E-state index in [1.54, 1.807) is 40.7 Å². The van der Waals surface area contributed by atoms with E-state index in [0.717, 1.165) is 0 Å². The first-order valence-electron chi connectivity index (χ1n) is 9.31. The number of nitrogens with zero attached hydrogens (tertiary/aromatic N) is 5. The topological polar surface area (TPSA) is 115 Å². The number of hydrogen-bond donors (Lipinski definition) is 1. The van der Waals surface area contributed by atoms with E-state index < -0.39 is 0 Å². The minimum atomic E-state index is -0.380. The van der Waals surface area contributed by atoms with Crippen LogP contribution in [0.4, 0.5) is 10.9 Å². The molecule has 1 aliphatic heterocycles. The smallest absolute Gasteiger partial charge is 0.293 e. The lowest BCUT2D eigenvalue weighted by Gasteiger charge is -2.35. The number of thiazole rings is 1. The Morgan fingerprint density at radius 1 is 1.23 bits per heavy atom. The third-order valence-electron chi connectivity index (χ3n) is 4.69. The lowest BCUT2D eigenvalue weighted by Crippen LogP contribution is -2.49. The fourth-order valence-electron chi connectivity index (χ4n) is 3.18. The van der Waals surface area contributed by atoms with Gasteiger partial charge in [-0.05, 0) is 24.3 Å². The van der Waals surface area contributed by atoms with Gasteiger partial charge in [0.05, 0.1) is 23.9 Å². The van der Waals surface area contributed by atoms with Gasteiger partial charge in [0.1, 0.15) is 11.9 Å². The van der Waals surface area contributed by atoms with Crippen molar-refractivity contribution >= 4 is 34.1 Å². The number of carbonyl (C=O) groups excluding carboxylic acids is 2. The van der Waals surface area contributed by atoms with Gasteiger partial charge in [0, 0.05) is 37.8 Å². The van der Waals surface area contributed by atoms with E-state index in [2.05, 4.69) is 21.4 Å². The summed E-state index contributed by atoms with van der Waals surface area (Å²) in [5, 5.41) is 14.1. The second-order valence-corrected chi connectivity index (χ2v) is 7.46. The molecule has 0 unspecified atom stereocenters. The maximum atomic E-state index is 12.7. The number of pyridine rings is 1. The first kappa shape index (κ1) is 19.6. The van der Waals surface area contributed by atoms with Gasteiger partial charge in [-0.15, -0.1) is 11.3 Å². The number of rotatable bonds is 5. The molecule has 3 aromatic rings. The maximum absolute atomic E-state index is 12.7. The zero-order valence-corrected chi connectivity index (χ0v) is 16.8. The Kier molecular flexibility index (Phi) is 5.72. The van der Waals surface area contributed by atoms with Crippen LogP contribution in [0.25, 0.3) is 0 Å². The Morgan fingerprint density at radius 2 is 2.07 bits per heavy atom. The average molecular weight is 422 g/mol. The van der Waals surface area contributed by atoms with Gasteiger partial charge in [0.25, 0.3) is 5.91 Å². The van der Waals surface area contributed by atoms with Crippen LogP contribution in [0, 0.1) is 11.3 Å². The van der Waals surface area contributed by atoms with E-state index in [1.807, 2.05) is 4.90 Å². The molecule has 1 saturated heterocycles. The second-order valence-electron chi connectivity index (χ2n) is 6.61. The molecule has 1 aliphatic rings. The van der Waals surface area contributed by atoms with Crippen molar-refractivity contribution in [1.29, 1.82) is 5.26 Å². The number of furan rings is 1. The number of amides is 2. The maximum Gasteiger partial charge on any atom is 0.293 e. The Balaban J connectivity index is 1.31. The minimum absolute atomic E-state index is 0.0228. The van der Waals surface area contributed by atoms with Crippen LogP contribution in [0.5, 0.6) is 0 Å². The molecular formula is C20H18N6O3S. The first-order valence-corrected chi connectivity index (χ1v) is 10.2. The van der Waals surface area contributed by atoms with Crippen LogP contribution >= 0.6 is 11.3 Å². The van der Waals surface area contributed by atoms with Gasteiger partial charge in [-0.3, -0.25) is 14.9 Å². The highest BCUT2D eigenvalue weighted by Crippen LogP contribution is 2.20. The van der Waals surface area contributed by atoms with Gasteiger partial charge in [-0.25, -0.2) is 9.97 Å². The monoisotopic (exact) mass is 422 g/mol. The number of hydrogen-bond acceptors (Lipinski definition) is 8. The number of carbonyl (C=O) groups is 2. The van der Waals surface area contributed by atoms with Crippen molar-refractivity contribution in [2.75, 3.05) is 36.4 Å². The third kappa shape index (κ3) is 4.31. The van der Waals surface area contributed by atoms with Gasteiger partial charge >= 0.3 is 0 Å². The van der Waals surface area contributed by atoms with Crippen molar-refractivity contribution in [3.8, 4) is 6.07 Å². The molecule has 0 spiro atoms. The molecule has 0 radical (unpaired) electrons. The third-order valence-corrected chi connectivity index (χ3v) is 5.50. The zero-order valence-electron chi connectivity index (χ0n) is 15.9. The van der Waals surface area contributed by atoms with E-state index >= 15 is 0 Å². The first-order chi connectivity index (χ1) is 14.6. The molecule has 2 amide bonds. The summed E-state index contributed by atoms with van der Waals surface area (Å²) < 4.78 is 5.05. The van der Waals surface area contributed by atoms with Crippen LogP contribution in [0.15, 0.2) is 46.5 Å². The Bertz CT molecular complexity index is 1080. The zero-order chi connectivity index (χ0) is 20.9. The lowest BCUT2D eigenvalue weighted by atomic mass is 10.2. The summed E-state index contributed by atoms with van der Waals surface area (Å²) in [6.07, 6.45) is 3.26. The molecule has 1 fully saturated rings. The van der Waals surface area contributed by atoms with Gasteiger partial charge in [0.15, 0.2) is 10.9 Å². The number of nitrogens with one attached hydrogen (secondary N) is 1. The Labute approximate surface area is 176 Å².